The first-order valence-electron chi connectivity index (χ1n) is 9.49. The molecule has 1 saturated heterocycles. The predicted molar refractivity (Wildman–Crippen MR) is 91.8 cm³/mol. The molecule has 0 spiro atoms. The average molecular weight is 354 g/mol. The van der Waals surface area contributed by atoms with Gasteiger partial charge in [-0.2, -0.15) is 0 Å². The highest BCUT2D eigenvalue weighted by molar-refractivity contribution is 6.04. The van der Waals surface area contributed by atoms with Crippen molar-refractivity contribution in [2.45, 2.75) is 89.3 Å². The van der Waals surface area contributed by atoms with Crippen molar-refractivity contribution in [2.24, 2.45) is 0 Å². The maximum absolute atomic E-state index is 12.1. The van der Waals surface area contributed by atoms with Gasteiger partial charge in [0.1, 0.15) is 6.04 Å². The zero-order valence-electron chi connectivity index (χ0n) is 15.0. The van der Waals surface area contributed by atoms with Crippen molar-refractivity contribution in [3.05, 3.63) is 0 Å². The number of hydrogen-bond donors (Lipinski definition) is 2. The SMILES string of the molecule is CCOC(=O)CCCCCCC1C(=O)NC(=O)N1C1CCCC(O)C1. The quantitative estimate of drug-likeness (QED) is 0.376. The van der Waals surface area contributed by atoms with Gasteiger partial charge in [0.15, 0.2) is 0 Å². The van der Waals surface area contributed by atoms with E-state index in [1.165, 1.54) is 0 Å². The standard InChI is InChI=1S/C18H30N2O5/c1-2-25-16(22)11-6-4-3-5-10-15-17(23)19-18(24)20(15)13-8-7-9-14(21)12-13/h13-15,21H,2-12H2,1H3,(H,19,23,24). The number of ether oxygens (including phenoxy) is 1. The molecule has 1 saturated carbocycles. The predicted octanol–water partition coefficient (Wildman–Crippen LogP) is 2.11. The van der Waals surface area contributed by atoms with Crippen LogP contribution in [-0.2, 0) is 14.3 Å². The molecule has 1 aliphatic heterocycles. The third kappa shape index (κ3) is 5.70. The highest BCUT2D eigenvalue weighted by Crippen LogP contribution is 2.28. The maximum atomic E-state index is 12.1. The molecule has 7 nitrogen and oxygen atoms in total. The number of nitrogens with one attached hydrogen (secondary N) is 1. The fraction of sp³-hybridized carbons (Fsp3) is 0.833. The molecular weight excluding hydrogens is 324 g/mol. The molecule has 1 heterocycles. The van der Waals surface area contributed by atoms with E-state index >= 15 is 0 Å². The average Bonchev–Trinajstić information content (AvgIpc) is 2.84. The molecule has 3 unspecified atom stereocenters. The Morgan fingerprint density at radius 3 is 2.72 bits per heavy atom. The van der Waals surface area contributed by atoms with Crippen LogP contribution in [0.2, 0.25) is 0 Å². The molecule has 25 heavy (non-hydrogen) atoms. The molecule has 2 fully saturated rings. The van der Waals surface area contributed by atoms with E-state index in [0.717, 1.165) is 44.9 Å². The van der Waals surface area contributed by atoms with Crippen LogP contribution in [0.25, 0.3) is 0 Å². The largest absolute Gasteiger partial charge is 0.466 e. The van der Waals surface area contributed by atoms with Crippen molar-refractivity contribution < 1.29 is 24.2 Å². The first-order valence-corrected chi connectivity index (χ1v) is 9.49. The van der Waals surface area contributed by atoms with Crippen LogP contribution in [0.4, 0.5) is 4.79 Å². The molecule has 2 N–H and O–H groups in total. The molecule has 0 radical (unpaired) electrons. The van der Waals surface area contributed by atoms with Crippen LogP contribution in [0.1, 0.15) is 71.1 Å². The summed E-state index contributed by atoms with van der Waals surface area (Å²) < 4.78 is 4.89. The van der Waals surface area contributed by atoms with Gasteiger partial charge in [0.25, 0.3) is 5.91 Å². The Bertz CT molecular complexity index is 482. The van der Waals surface area contributed by atoms with E-state index < -0.39 is 6.04 Å². The summed E-state index contributed by atoms with van der Waals surface area (Å²) in [7, 11) is 0. The number of imide groups is 1. The monoisotopic (exact) mass is 354 g/mol. The summed E-state index contributed by atoms with van der Waals surface area (Å²) in [5.74, 6) is -0.387. The van der Waals surface area contributed by atoms with Crippen LogP contribution in [0.15, 0.2) is 0 Å². The number of aliphatic hydroxyl groups is 1. The number of esters is 1. The normalized spacial score (nSPS) is 26.6. The fourth-order valence-corrected chi connectivity index (χ4v) is 3.80. The molecule has 7 heteroatoms. The minimum Gasteiger partial charge on any atom is -0.466 e. The van der Waals surface area contributed by atoms with Crippen LogP contribution in [0.3, 0.4) is 0 Å². The molecular formula is C18H30N2O5. The first-order chi connectivity index (χ1) is 12.0. The Kier molecular flexibility index (Phi) is 7.68. The Morgan fingerprint density at radius 2 is 2.00 bits per heavy atom. The summed E-state index contributed by atoms with van der Waals surface area (Å²) in [6.45, 7) is 2.21. The molecule has 1 aliphatic carbocycles. The second-order valence-electron chi connectivity index (χ2n) is 6.95. The van der Waals surface area contributed by atoms with E-state index in [1.54, 1.807) is 11.8 Å². The van der Waals surface area contributed by atoms with Gasteiger partial charge in [-0.15, -0.1) is 0 Å². The maximum Gasteiger partial charge on any atom is 0.325 e. The first kappa shape index (κ1) is 19.7. The number of aliphatic hydroxyl groups excluding tert-OH is 1. The van der Waals surface area contributed by atoms with Crippen molar-refractivity contribution >= 4 is 17.9 Å². The van der Waals surface area contributed by atoms with Gasteiger partial charge >= 0.3 is 12.0 Å². The lowest BCUT2D eigenvalue weighted by atomic mass is 9.91. The van der Waals surface area contributed by atoms with Gasteiger partial charge in [-0.25, -0.2) is 4.79 Å². The van der Waals surface area contributed by atoms with Crippen molar-refractivity contribution in [1.82, 2.24) is 10.2 Å². The third-order valence-electron chi connectivity index (χ3n) is 5.03. The van der Waals surface area contributed by atoms with Crippen LogP contribution in [0, 0.1) is 0 Å². The fourth-order valence-electron chi connectivity index (χ4n) is 3.80. The van der Waals surface area contributed by atoms with E-state index in [4.69, 9.17) is 4.74 Å². The Labute approximate surface area is 149 Å². The summed E-state index contributed by atoms with van der Waals surface area (Å²) in [6.07, 6.45) is 7.16. The van der Waals surface area contributed by atoms with E-state index in [-0.39, 0.29) is 30.1 Å². The highest BCUT2D eigenvalue weighted by atomic mass is 16.5. The number of nitrogens with zero attached hydrogens (tertiary/aromatic N) is 1. The number of amides is 3. The van der Waals surface area contributed by atoms with E-state index in [9.17, 15) is 19.5 Å². The summed E-state index contributed by atoms with van der Waals surface area (Å²) in [5, 5.41) is 12.3. The second-order valence-corrected chi connectivity index (χ2v) is 6.95. The lowest BCUT2D eigenvalue weighted by molar-refractivity contribution is -0.143. The molecule has 2 aliphatic rings. The van der Waals surface area contributed by atoms with Gasteiger partial charge in [0.2, 0.25) is 0 Å². The molecule has 3 amide bonds. The van der Waals surface area contributed by atoms with Gasteiger partial charge in [0, 0.05) is 12.5 Å². The molecule has 0 aromatic heterocycles. The minimum atomic E-state index is -0.423. The lowest BCUT2D eigenvalue weighted by Crippen LogP contribution is -2.46. The Balaban J connectivity index is 1.74. The summed E-state index contributed by atoms with van der Waals surface area (Å²) in [6, 6.07) is -0.798. The summed E-state index contributed by atoms with van der Waals surface area (Å²) >= 11 is 0. The van der Waals surface area contributed by atoms with Crippen molar-refractivity contribution in [2.75, 3.05) is 6.61 Å². The number of urea groups is 1. The topological polar surface area (TPSA) is 95.9 Å². The van der Waals surface area contributed by atoms with Gasteiger partial charge in [0.05, 0.1) is 12.7 Å². The smallest absolute Gasteiger partial charge is 0.325 e. The van der Waals surface area contributed by atoms with Gasteiger partial charge in [-0.3, -0.25) is 14.9 Å². The van der Waals surface area contributed by atoms with E-state index in [1.807, 2.05) is 0 Å². The second kappa shape index (κ2) is 9.75. The number of hydrogen-bond acceptors (Lipinski definition) is 5. The number of rotatable bonds is 9. The van der Waals surface area contributed by atoms with Crippen LogP contribution in [0.5, 0.6) is 0 Å². The van der Waals surface area contributed by atoms with Crippen LogP contribution in [-0.4, -0.2) is 52.7 Å². The highest BCUT2D eigenvalue weighted by Gasteiger charge is 2.42. The Morgan fingerprint density at radius 1 is 1.24 bits per heavy atom. The number of carbonyl (C=O) groups excluding carboxylic acids is 3. The van der Waals surface area contributed by atoms with Gasteiger partial charge < -0.3 is 14.7 Å². The van der Waals surface area contributed by atoms with E-state index in [2.05, 4.69) is 5.32 Å². The van der Waals surface area contributed by atoms with Gasteiger partial charge in [-0.1, -0.05) is 19.3 Å². The van der Waals surface area contributed by atoms with Gasteiger partial charge in [-0.05, 0) is 45.4 Å². The minimum absolute atomic E-state index is 0.0518. The molecule has 3 atom stereocenters. The lowest BCUT2D eigenvalue weighted by Gasteiger charge is -2.35. The van der Waals surface area contributed by atoms with Crippen LogP contribution < -0.4 is 5.32 Å². The van der Waals surface area contributed by atoms with Crippen molar-refractivity contribution in [3.63, 3.8) is 0 Å². The van der Waals surface area contributed by atoms with Crippen molar-refractivity contribution in [3.8, 4) is 0 Å². The summed E-state index contributed by atoms with van der Waals surface area (Å²) in [5.41, 5.74) is 0. The third-order valence-corrected chi connectivity index (χ3v) is 5.03. The molecule has 0 aromatic rings. The van der Waals surface area contributed by atoms with Crippen molar-refractivity contribution in [1.29, 1.82) is 0 Å². The van der Waals surface area contributed by atoms with Crippen LogP contribution >= 0.6 is 0 Å². The number of unbranched alkanes of at least 4 members (excludes halogenated alkanes) is 3. The summed E-state index contributed by atoms with van der Waals surface area (Å²) in [4.78, 5) is 37.2. The molecule has 142 valence electrons. The molecule has 0 aromatic carbocycles. The molecule has 0 bridgehead atoms. The number of carbonyl (C=O) groups is 3. The van der Waals surface area contributed by atoms with E-state index in [0.29, 0.717) is 25.9 Å². The zero-order valence-corrected chi connectivity index (χ0v) is 15.0. The Hall–Kier alpha value is -1.63. The zero-order chi connectivity index (χ0) is 18.2. The molecule has 2 rings (SSSR count).